The van der Waals surface area contributed by atoms with Crippen molar-refractivity contribution in [3.05, 3.63) is 96.5 Å². The lowest BCUT2D eigenvalue weighted by atomic mass is 10.1. The second kappa shape index (κ2) is 10.5. The number of amides is 4. The Hall–Kier alpha value is -4.23. The second-order valence-electron chi connectivity index (χ2n) is 8.07. The standard InChI is InChI=1S/C25H14BrClF3N3O6/c1-12-17(27)3-2-4-18(12)32-23(35)15(22(34)31-24(32)36)9-13-5-7-20(16(26)10-13)39-21-8-6-14(25(28,29)30)11-19(21)33(37)38/h2-11H,1H3,(H,31,34,36)/b15-9+. The number of carbonyl (C=O) groups is 3. The lowest BCUT2D eigenvalue weighted by Crippen LogP contribution is -2.54. The number of hydrogen-bond acceptors (Lipinski definition) is 6. The van der Waals surface area contributed by atoms with Crippen LogP contribution in [0.3, 0.4) is 0 Å². The van der Waals surface area contributed by atoms with E-state index < -0.39 is 45.9 Å². The predicted octanol–water partition coefficient (Wildman–Crippen LogP) is 6.80. The summed E-state index contributed by atoms with van der Waals surface area (Å²) >= 11 is 9.33. The van der Waals surface area contributed by atoms with E-state index in [1.54, 1.807) is 19.1 Å². The molecule has 1 aliphatic rings. The second-order valence-corrected chi connectivity index (χ2v) is 9.33. The van der Waals surface area contributed by atoms with Crippen molar-refractivity contribution in [3.8, 4) is 11.5 Å². The third-order valence-electron chi connectivity index (χ3n) is 5.55. The fourth-order valence-corrected chi connectivity index (χ4v) is 4.26. The minimum absolute atomic E-state index is 0.00536. The van der Waals surface area contributed by atoms with Gasteiger partial charge in [-0.05, 0) is 76.5 Å². The number of anilines is 1. The van der Waals surface area contributed by atoms with Crippen molar-refractivity contribution in [3.63, 3.8) is 0 Å². The number of barbiturate groups is 1. The van der Waals surface area contributed by atoms with Gasteiger partial charge in [-0.1, -0.05) is 23.7 Å². The number of ether oxygens (including phenoxy) is 1. The molecule has 0 aliphatic carbocycles. The molecule has 0 spiro atoms. The van der Waals surface area contributed by atoms with Gasteiger partial charge in [0.15, 0.2) is 0 Å². The number of nitrogens with one attached hydrogen (secondary N) is 1. The first-order valence-electron chi connectivity index (χ1n) is 10.8. The molecule has 4 rings (SSSR count). The van der Waals surface area contributed by atoms with Crippen LogP contribution < -0.4 is 15.0 Å². The Labute approximate surface area is 231 Å². The molecule has 200 valence electrons. The number of urea groups is 1. The molecule has 39 heavy (non-hydrogen) atoms. The highest BCUT2D eigenvalue weighted by Gasteiger charge is 2.38. The summed E-state index contributed by atoms with van der Waals surface area (Å²) in [5, 5.41) is 13.7. The zero-order valence-corrected chi connectivity index (χ0v) is 21.8. The average Bonchev–Trinajstić information content (AvgIpc) is 2.85. The minimum Gasteiger partial charge on any atom is -0.449 e. The van der Waals surface area contributed by atoms with Gasteiger partial charge in [0.1, 0.15) is 11.3 Å². The Balaban J connectivity index is 1.65. The maximum atomic E-state index is 13.2. The van der Waals surface area contributed by atoms with Crippen LogP contribution in [0.1, 0.15) is 16.7 Å². The molecule has 9 nitrogen and oxygen atoms in total. The summed E-state index contributed by atoms with van der Waals surface area (Å²) in [5.74, 6) is -2.26. The van der Waals surface area contributed by atoms with Gasteiger partial charge in [-0.15, -0.1) is 0 Å². The third-order valence-corrected chi connectivity index (χ3v) is 6.58. The maximum Gasteiger partial charge on any atom is 0.416 e. The molecule has 0 unspecified atom stereocenters. The summed E-state index contributed by atoms with van der Waals surface area (Å²) in [6, 6.07) is 9.65. The van der Waals surface area contributed by atoms with Gasteiger partial charge in [0, 0.05) is 11.1 Å². The molecule has 3 aromatic rings. The molecule has 0 atom stereocenters. The normalized spacial score (nSPS) is 15.0. The SMILES string of the molecule is Cc1c(Cl)cccc1N1C(=O)NC(=O)/C(=C\c2ccc(Oc3ccc(C(F)(F)F)cc3[N+](=O)[O-])c(Br)c2)C1=O. The van der Waals surface area contributed by atoms with Crippen LogP contribution in [0.2, 0.25) is 5.02 Å². The van der Waals surface area contributed by atoms with Gasteiger partial charge in [-0.2, -0.15) is 13.2 Å². The minimum atomic E-state index is -4.78. The van der Waals surface area contributed by atoms with Crippen molar-refractivity contribution in [2.75, 3.05) is 4.90 Å². The average molecular weight is 625 g/mol. The van der Waals surface area contributed by atoms with E-state index in [1.807, 2.05) is 0 Å². The molecule has 0 bridgehead atoms. The van der Waals surface area contributed by atoms with Crippen molar-refractivity contribution in [1.82, 2.24) is 5.32 Å². The van der Waals surface area contributed by atoms with Crippen molar-refractivity contribution in [1.29, 1.82) is 0 Å². The number of nitrogens with zero attached hydrogens (tertiary/aromatic N) is 2. The highest BCUT2D eigenvalue weighted by molar-refractivity contribution is 9.10. The Morgan fingerprint density at radius 3 is 2.41 bits per heavy atom. The van der Waals surface area contributed by atoms with Gasteiger partial charge >= 0.3 is 17.9 Å². The largest absolute Gasteiger partial charge is 0.449 e. The number of alkyl halides is 3. The zero-order chi connectivity index (χ0) is 28.6. The van der Waals surface area contributed by atoms with Crippen molar-refractivity contribution >= 4 is 62.8 Å². The first kappa shape index (κ1) is 27.8. The Bertz CT molecular complexity index is 1590. The first-order valence-corrected chi connectivity index (χ1v) is 11.9. The molecule has 0 aromatic heterocycles. The number of nitro benzene ring substituents is 1. The van der Waals surface area contributed by atoms with Crippen LogP contribution in [0, 0.1) is 17.0 Å². The van der Waals surface area contributed by atoms with Gasteiger partial charge in [-0.25, -0.2) is 9.69 Å². The van der Waals surface area contributed by atoms with Gasteiger partial charge in [-0.3, -0.25) is 25.0 Å². The molecule has 0 saturated carbocycles. The topological polar surface area (TPSA) is 119 Å². The van der Waals surface area contributed by atoms with Crippen LogP contribution in [0.4, 0.5) is 29.3 Å². The fourth-order valence-electron chi connectivity index (χ4n) is 3.61. The molecular formula is C25H14BrClF3N3O6. The molecule has 3 aromatic carbocycles. The number of carbonyl (C=O) groups excluding carboxylic acids is 3. The molecule has 4 amide bonds. The van der Waals surface area contributed by atoms with E-state index in [0.29, 0.717) is 28.3 Å². The first-order chi connectivity index (χ1) is 18.3. The van der Waals surface area contributed by atoms with E-state index in [2.05, 4.69) is 21.2 Å². The monoisotopic (exact) mass is 623 g/mol. The fraction of sp³-hybridized carbons (Fsp3) is 0.0800. The van der Waals surface area contributed by atoms with Crippen LogP contribution >= 0.6 is 27.5 Å². The van der Waals surface area contributed by atoms with E-state index in [9.17, 15) is 37.7 Å². The molecule has 0 radical (unpaired) electrons. The lowest BCUT2D eigenvalue weighted by Gasteiger charge is -2.27. The van der Waals surface area contributed by atoms with Crippen LogP contribution in [-0.2, 0) is 15.8 Å². The lowest BCUT2D eigenvalue weighted by molar-refractivity contribution is -0.385. The predicted molar refractivity (Wildman–Crippen MR) is 138 cm³/mol. The number of nitro groups is 1. The number of hydrogen-bond donors (Lipinski definition) is 1. The maximum absolute atomic E-state index is 13.2. The molecule has 1 aliphatic heterocycles. The van der Waals surface area contributed by atoms with Crippen molar-refractivity contribution < 1.29 is 37.2 Å². The van der Waals surface area contributed by atoms with Gasteiger partial charge in [0.25, 0.3) is 11.8 Å². The zero-order valence-electron chi connectivity index (χ0n) is 19.5. The number of benzene rings is 3. The number of imide groups is 2. The summed E-state index contributed by atoms with van der Waals surface area (Å²) in [6.07, 6.45) is -3.57. The van der Waals surface area contributed by atoms with E-state index >= 15 is 0 Å². The summed E-state index contributed by atoms with van der Waals surface area (Å²) in [6.45, 7) is 1.61. The van der Waals surface area contributed by atoms with Crippen molar-refractivity contribution in [2.24, 2.45) is 0 Å². The van der Waals surface area contributed by atoms with E-state index in [1.165, 1.54) is 30.3 Å². The van der Waals surface area contributed by atoms with Crippen LogP contribution in [0.25, 0.3) is 6.08 Å². The van der Waals surface area contributed by atoms with Gasteiger partial charge in [0.2, 0.25) is 5.75 Å². The van der Waals surface area contributed by atoms with Gasteiger partial charge in [0.05, 0.1) is 20.6 Å². The summed E-state index contributed by atoms with van der Waals surface area (Å²) in [4.78, 5) is 49.2. The van der Waals surface area contributed by atoms with E-state index in [-0.39, 0.29) is 21.5 Å². The summed E-state index contributed by atoms with van der Waals surface area (Å²) in [5.41, 5.74) is -1.55. The summed E-state index contributed by atoms with van der Waals surface area (Å²) < 4.78 is 44.6. The van der Waals surface area contributed by atoms with E-state index in [4.69, 9.17) is 16.3 Å². The summed E-state index contributed by atoms with van der Waals surface area (Å²) in [7, 11) is 0. The molecule has 14 heteroatoms. The highest BCUT2D eigenvalue weighted by Crippen LogP contribution is 2.40. The van der Waals surface area contributed by atoms with E-state index in [0.717, 1.165) is 11.0 Å². The Kier molecular flexibility index (Phi) is 7.48. The van der Waals surface area contributed by atoms with Crippen LogP contribution in [0.15, 0.2) is 64.6 Å². The van der Waals surface area contributed by atoms with Gasteiger partial charge < -0.3 is 4.74 Å². The third kappa shape index (κ3) is 5.64. The molecule has 1 heterocycles. The van der Waals surface area contributed by atoms with Crippen LogP contribution in [0.5, 0.6) is 11.5 Å². The molecule has 1 N–H and O–H groups in total. The molecular weight excluding hydrogens is 611 g/mol. The molecule has 1 fully saturated rings. The number of halogens is 5. The Morgan fingerprint density at radius 1 is 1.08 bits per heavy atom. The number of rotatable bonds is 5. The Morgan fingerprint density at radius 2 is 1.77 bits per heavy atom. The smallest absolute Gasteiger partial charge is 0.416 e. The highest BCUT2D eigenvalue weighted by atomic mass is 79.9. The molecule has 1 saturated heterocycles. The van der Waals surface area contributed by atoms with Crippen LogP contribution in [-0.4, -0.2) is 22.8 Å². The van der Waals surface area contributed by atoms with Crippen molar-refractivity contribution in [2.45, 2.75) is 13.1 Å². The quantitative estimate of drug-likeness (QED) is 0.144.